The Morgan fingerprint density at radius 1 is 1.23 bits per heavy atom. The lowest BCUT2D eigenvalue weighted by atomic mass is 10.0. The molecule has 0 bridgehead atoms. The second-order valence-corrected chi connectivity index (χ2v) is 10.0. The number of ether oxygens (including phenoxy) is 1. The average molecular weight is 552 g/mol. The van der Waals surface area contributed by atoms with Crippen molar-refractivity contribution in [2.24, 2.45) is 0 Å². The van der Waals surface area contributed by atoms with E-state index in [1.54, 1.807) is 13.0 Å². The number of anilines is 2. The largest absolute Gasteiger partial charge is 0.485 e. The highest BCUT2D eigenvalue weighted by Gasteiger charge is 2.35. The van der Waals surface area contributed by atoms with Crippen LogP contribution in [0.4, 0.5) is 24.7 Å². The minimum Gasteiger partial charge on any atom is -0.485 e. The Bertz CT molecular complexity index is 1490. The Balaban J connectivity index is 1.42. The van der Waals surface area contributed by atoms with Crippen LogP contribution in [0.25, 0.3) is 11.3 Å². The number of likely N-dealkylation sites (tertiary alicyclic amines) is 1. The van der Waals surface area contributed by atoms with Gasteiger partial charge in [-0.25, -0.2) is 23.1 Å². The summed E-state index contributed by atoms with van der Waals surface area (Å²) in [6.45, 7) is 4.89. The van der Waals surface area contributed by atoms with E-state index in [1.165, 1.54) is 29.4 Å². The Hall–Kier alpha value is -4.41. The first-order valence-corrected chi connectivity index (χ1v) is 12.9. The van der Waals surface area contributed by atoms with Gasteiger partial charge in [-0.1, -0.05) is 12.6 Å². The number of halogens is 3. The number of benzene rings is 2. The van der Waals surface area contributed by atoms with E-state index in [0.29, 0.717) is 11.5 Å². The maximum atomic E-state index is 14.8. The van der Waals surface area contributed by atoms with Crippen LogP contribution in [0, 0.1) is 18.6 Å². The molecule has 3 aromatic rings. The molecule has 5 rings (SSSR count). The van der Waals surface area contributed by atoms with Gasteiger partial charge in [0, 0.05) is 17.7 Å². The summed E-state index contributed by atoms with van der Waals surface area (Å²) in [5, 5.41) is 2.59. The molecule has 208 valence electrons. The topological polar surface area (TPSA) is 110 Å². The molecule has 2 fully saturated rings. The molecular formula is C29H28F3N5O3. The zero-order valence-corrected chi connectivity index (χ0v) is 21.8. The Morgan fingerprint density at radius 3 is 2.70 bits per heavy atom. The first-order chi connectivity index (χ1) is 19.2. The van der Waals surface area contributed by atoms with Crippen molar-refractivity contribution in [1.82, 2.24) is 14.9 Å². The first kappa shape index (κ1) is 27.2. The van der Waals surface area contributed by atoms with Crippen molar-refractivity contribution in [1.29, 1.82) is 0 Å². The fourth-order valence-electron chi connectivity index (χ4n) is 4.94. The fraction of sp³-hybridized carbons (Fsp3) is 0.310. The molecule has 3 N–H and O–H groups in total. The smallest absolute Gasteiger partial charge is 0.258 e. The summed E-state index contributed by atoms with van der Waals surface area (Å²) in [6, 6.07) is 6.26. The molecule has 1 aromatic heterocycles. The summed E-state index contributed by atoms with van der Waals surface area (Å²) in [5.74, 6) is -2.20. The summed E-state index contributed by atoms with van der Waals surface area (Å²) in [4.78, 5) is 34.6. The number of nitrogens with two attached hydrogens (primary N) is 1. The third kappa shape index (κ3) is 5.49. The van der Waals surface area contributed by atoms with Crippen LogP contribution in [0.2, 0.25) is 0 Å². The highest BCUT2D eigenvalue weighted by atomic mass is 19.1. The second kappa shape index (κ2) is 11.0. The lowest BCUT2D eigenvalue weighted by Gasteiger charge is -2.24. The van der Waals surface area contributed by atoms with Gasteiger partial charge in [0.05, 0.1) is 18.2 Å². The number of nitrogens with one attached hydrogen (secondary N) is 1. The Labute approximate surface area is 229 Å². The lowest BCUT2D eigenvalue weighted by Crippen LogP contribution is -2.38. The maximum Gasteiger partial charge on any atom is 0.258 e. The van der Waals surface area contributed by atoms with Gasteiger partial charge in [0.1, 0.15) is 36.4 Å². The first-order valence-electron chi connectivity index (χ1n) is 12.9. The number of nitrogens with zero attached hydrogens (tertiary/aromatic N) is 3. The number of hydrogen-bond donors (Lipinski definition) is 2. The molecule has 0 unspecified atom stereocenters. The van der Waals surface area contributed by atoms with Crippen molar-refractivity contribution in [3.8, 4) is 17.0 Å². The Kier molecular flexibility index (Phi) is 7.46. The van der Waals surface area contributed by atoms with E-state index in [1.807, 2.05) is 0 Å². The number of carbonyl (C=O) groups excluding carboxylic acids is 2. The summed E-state index contributed by atoms with van der Waals surface area (Å²) >= 11 is 0. The van der Waals surface area contributed by atoms with Gasteiger partial charge in [-0.05, 0) is 67.2 Å². The van der Waals surface area contributed by atoms with Gasteiger partial charge in [0.25, 0.3) is 5.91 Å². The quantitative estimate of drug-likeness (QED) is 0.384. The number of amides is 2. The van der Waals surface area contributed by atoms with Crippen LogP contribution in [0.15, 0.2) is 49.3 Å². The zero-order chi connectivity index (χ0) is 28.6. The molecule has 40 heavy (non-hydrogen) atoms. The standard InChI is InChI=1S/C29H28F3N5O3/c1-3-25(38)37-12-19(31)9-20(37)13-40-27-26(34-14-35-28(27)33)22-10-18(30)11-24(15(22)2)36-29(39)21-7-6-17(8-23(21)32)16-4-5-16/h3,6-8,10-11,14,16,19-20H,1,4-5,9,12-13H2,2H3,(H,36,39)(H2,33,34,35)/t19-,20+/m1/s1. The molecule has 0 spiro atoms. The van der Waals surface area contributed by atoms with Gasteiger partial charge >= 0.3 is 0 Å². The van der Waals surface area contributed by atoms with E-state index in [0.717, 1.165) is 30.5 Å². The summed E-state index contributed by atoms with van der Waals surface area (Å²) < 4.78 is 49.5. The van der Waals surface area contributed by atoms with Crippen molar-refractivity contribution in [3.63, 3.8) is 0 Å². The third-order valence-corrected chi connectivity index (χ3v) is 7.23. The molecule has 0 radical (unpaired) electrons. The lowest BCUT2D eigenvalue weighted by molar-refractivity contribution is -0.127. The zero-order valence-electron chi connectivity index (χ0n) is 21.8. The predicted molar refractivity (Wildman–Crippen MR) is 144 cm³/mol. The molecule has 2 atom stereocenters. The molecule has 2 aromatic carbocycles. The molecule has 1 aliphatic carbocycles. The monoisotopic (exact) mass is 551 g/mol. The number of hydrogen-bond acceptors (Lipinski definition) is 6. The average Bonchev–Trinajstić information content (AvgIpc) is 3.71. The highest BCUT2D eigenvalue weighted by molar-refractivity contribution is 6.05. The molecule has 1 saturated heterocycles. The minimum absolute atomic E-state index is 0.0171. The number of carbonyl (C=O) groups is 2. The number of aromatic nitrogens is 2. The molecule has 8 nitrogen and oxygen atoms in total. The fourth-order valence-corrected chi connectivity index (χ4v) is 4.94. The van der Waals surface area contributed by atoms with Crippen LogP contribution in [-0.4, -0.2) is 52.0 Å². The van der Waals surface area contributed by atoms with Crippen LogP contribution in [0.1, 0.15) is 46.7 Å². The van der Waals surface area contributed by atoms with Gasteiger partial charge in [0.2, 0.25) is 5.91 Å². The van der Waals surface area contributed by atoms with Crippen LogP contribution in [0.3, 0.4) is 0 Å². The Morgan fingerprint density at radius 2 is 2.00 bits per heavy atom. The molecule has 11 heteroatoms. The van der Waals surface area contributed by atoms with E-state index in [2.05, 4.69) is 21.9 Å². The van der Waals surface area contributed by atoms with Crippen molar-refractivity contribution < 1.29 is 27.5 Å². The van der Waals surface area contributed by atoms with E-state index in [4.69, 9.17) is 10.5 Å². The van der Waals surface area contributed by atoms with Crippen LogP contribution in [0.5, 0.6) is 5.75 Å². The van der Waals surface area contributed by atoms with Gasteiger partial charge in [-0.15, -0.1) is 0 Å². The summed E-state index contributed by atoms with van der Waals surface area (Å²) in [7, 11) is 0. The van der Waals surface area contributed by atoms with E-state index in [-0.39, 0.29) is 53.6 Å². The van der Waals surface area contributed by atoms with Gasteiger partial charge < -0.3 is 20.7 Å². The van der Waals surface area contributed by atoms with Gasteiger partial charge in [0.15, 0.2) is 11.6 Å². The minimum atomic E-state index is -1.22. The summed E-state index contributed by atoms with van der Waals surface area (Å²) in [5.41, 5.74) is 7.67. The molecule has 2 amide bonds. The van der Waals surface area contributed by atoms with E-state index in [9.17, 15) is 22.8 Å². The molecule has 1 aliphatic heterocycles. The summed E-state index contributed by atoms with van der Waals surface area (Å²) in [6.07, 6.45) is 3.13. The second-order valence-electron chi connectivity index (χ2n) is 10.0. The number of alkyl halides is 1. The molecule has 1 saturated carbocycles. The van der Waals surface area contributed by atoms with E-state index >= 15 is 0 Å². The normalized spacial score (nSPS) is 18.4. The SMILES string of the molecule is C=CC(=O)N1C[C@H](F)C[C@H]1COc1c(N)ncnc1-c1cc(F)cc(NC(=O)c2ccc(C3CC3)cc2F)c1C. The van der Waals surface area contributed by atoms with E-state index < -0.39 is 35.7 Å². The maximum absolute atomic E-state index is 14.8. The third-order valence-electron chi connectivity index (χ3n) is 7.23. The van der Waals surface area contributed by atoms with Crippen molar-refractivity contribution in [2.75, 3.05) is 24.2 Å². The number of nitrogen functional groups attached to an aromatic ring is 1. The van der Waals surface area contributed by atoms with Crippen LogP contribution < -0.4 is 15.8 Å². The molecule has 2 aliphatic rings. The van der Waals surface area contributed by atoms with Crippen molar-refractivity contribution in [2.45, 2.75) is 44.3 Å². The van der Waals surface area contributed by atoms with Crippen molar-refractivity contribution >= 4 is 23.3 Å². The molecular weight excluding hydrogens is 523 g/mol. The van der Waals surface area contributed by atoms with Crippen LogP contribution in [-0.2, 0) is 4.79 Å². The van der Waals surface area contributed by atoms with Crippen LogP contribution >= 0.6 is 0 Å². The highest BCUT2D eigenvalue weighted by Crippen LogP contribution is 2.41. The predicted octanol–water partition coefficient (Wildman–Crippen LogP) is 4.95. The van der Waals surface area contributed by atoms with Gasteiger partial charge in [-0.3, -0.25) is 9.59 Å². The van der Waals surface area contributed by atoms with Crippen molar-refractivity contribution in [3.05, 3.63) is 77.6 Å². The molecule has 2 heterocycles. The van der Waals surface area contributed by atoms with Gasteiger partial charge in [-0.2, -0.15) is 0 Å². The number of rotatable bonds is 8.